The molecule has 2 aliphatic carbocycles. The van der Waals surface area contributed by atoms with E-state index in [0.29, 0.717) is 19.3 Å². The van der Waals surface area contributed by atoms with Gasteiger partial charge in [0.25, 0.3) is 0 Å². The molecular weight excluding hydrogens is 325 g/mol. The second kappa shape index (κ2) is 7.16. The molecule has 2 aliphatic rings. The molecule has 23 heavy (non-hydrogen) atoms. The van der Waals surface area contributed by atoms with E-state index in [4.69, 9.17) is 0 Å². The second-order valence-electron chi connectivity index (χ2n) is 6.40. The van der Waals surface area contributed by atoms with Gasteiger partial charge in [-0.3, -0.25) is 4.79 Å². The molecule has 0 saturated heterocycles. The number of thioether (sulfide) groups is 1. The van der Waals surface area contributed by atoms with Crippen LogP contribution in [0.5, 0.6) is 0 Å². The van der Waals surface area contributed by atoms with E-state index in [9.17, 15) is 23.1 Å². The summed E-state index contributed by atoms with van der Waals surface area (Å²) in [6.07, 6.45) is 1.86. The van der Waals surface area contributed by atoms with Crippen molar-refractivity contribution in [2.24, 2.45) is 11.8 Å². The summed E-state index contributed by atoms with van der Waals surface area (Å²) in [5, 5.41) is 9.72. The van der Waals surface area contributed by atoms with Gasteiger partial charge in [0.15, 0.2) is 5.78 Å². The van der Waals surface area contributed by atoms with Crippen LogP contribution in [0.4, 0.5) is 13.2 Å². The van der Waals surface area contributed by atoms with Crippen LogP contribution in [0.15, 0.2) is 34.5 Å². The fourth-order valence-electron chi connectivity index (χ4n) is 3.19. The fraction of sp³-hybridized carbons (Fsp3) is 0.588. The SMILES string of the molecule is CC1CC(S[C@H](C)CC2CC(=O)C=C(O)C2)=CC=C1C(F)(F)F. The Balaban J connectivity index is 1.92. The van der Waals surface area contributed by atoms with E-state index in [2.05, 4.69) is 0 Å². The standard InChI is InChI=1S/C17H21F3O2S/c1-10-5-15(3-4-16(10)17(18,19)20)23-11(2)6-12-7-13(21)9-14(22)8-12/h3-4,9-12,21H,5-8H2,1-2H3/t10?,11-,12?/m1/s1. The van der Waals surface area contributed by atoms with E-state index in [0.717, 1.165) is 11.3 Å². The van der Waals surface area contributed by atoms with Crippen molar-refractivity contribution in [2.45, 2.75) is 51.0 Å². The summed E-state index contributed by atoms with van der Waals surface area (Å²) in [6.45, 7) is 3.61. The van der Waals surface area contributed by atoms with Crippen LogP contribution in [0.1, 0.15) is 39.5 Å². The van der Waals surface area contributed by atoms with Crippen LogP contribution in [0.3, 0.4) is 0 Å². The van der Waals surface area contributed by atoms with Gasteiger partial charge >= 0.3 is 6.18 Å². The van der Waals surface area contributed by atoms with Crippen LogP contribution in [0.25, 0.3) is 0 Å². The molecule has 2 unspecified atom stereocenters. The summed E-state index contributed by atoms with van der Waals surface area (Å²) in [5.41, 5.74) is -0.470. The van der Waals surface area contributed by atoms with Crippen molar-refractivity contribution in [1.82, 2.24) is 0 Å². The number of aliphatic hydroxyl groups excluding tert-OH is 1. The zero-order chi connectivity index (χ0) is 17.2. The van der Waals surface area contributed by atoms with Gasteiger partial charge in [0.05, 0.1) is 5.76 Å². The number of alkyl halides is 3. The van der Waals surface area contributed by atoms with E-state index in [1.807, 2.05) is 6.92 Å². The molecule has 0 amide bonds. The second-order valence-corrected chi connectivity index (χ2v) is 7.96. The van der Waals surface area contributed by atoms with Crippen LogP contribution in [-0.2, 0) is 4.79 Å². The first kappa shape index (κ1) is 18.2. The first-order chi connectivity index (χ1) is 10.6. The normalized spacial score (nSPS) is 27.2. The molecule has 0 fully saturated rings. The highest BCUT2D eigenvalue weighted by Gasteiger charge is 2.38. The Bertz CT molecular complexity index is 561. The average Bonchev–Trinajstić information content (AvgIpc) is 2.35. The molecule has 0 aromatic heterocycles. The third-order valence-corrected chi connectivity index (χ3v) is 5.35. The van der Waals surface area contributed by atoms with E-state index in [-0.39, 0.29) is 22.7 Å². The lowest BCUT2D eigenvalue weighted by Crippen LogP contribution is -2.21. The van der Waals surface area contributed by atoms with Crippen molar-refractivity contribution < 1.29 is 23.1 Å². The molecule has 0 radical (unpaired) electrons. The van der Waals surface area contributed by atoms with Gasteiger partial charge in [-0.1, -0.05) is 26.0 Å². The number of halogens is 3. The lowest BCUT2D eigenvalue weighted by atomic mass is 9.89. The largest absolute Gasteiger partial charge is 0.512 e. The Morgan fingerprint density at radius 3 is 2.57 bits per heavy atom. The predicted molar refractivity (Wildman–Crippen MR) is 86.1 cm³/mol. The van der Waals surface area contributed by atoms with Crippen LogP contribution < -0.4 is 0 Å². The number of aliphatic hydroxyl groups is 1. The first-order valence-electron chi connectivity index (χ1n) is 7.72. The highest BCUT2D eigenvalue weighted by Crippen LogP contribution is 2.41. The molecule has 0 aromatic carbocycles. The minimum Gasteiger partial charge on any atom is -0.512 e. The van der Waals surface area contributed by atoms with Gasteiger partial charge in [-0.25, -0.2) is 0 Å². The van der Waals surface area contributed by atoms with Crippen molar-refractivity contribution in [3.8, 4) is 0 Å². The van der Waals surface area contributed by atoms with Crippen LogP contribution >= 0.6 is 11.8 Å². The van der Waals surface area contributed by atoms with Gasteiger partial charge in [-0.15, -0.1) is 11.8 Å². The highest BCUT2D eigenvalue weighted by atomic mass is 32.2. The molecule has 1 N–H and O–H groups in total. The number of carbonyl (C=O) groups is 1. The molecule has 0 spiro atoms. The Morgan fingerprint density at radius 1 is 1.30 bits per heavy atom. The van der Waals surface area contributed by atoms with Crippen LogP contribution in [0.2, 0.25) is 0 Å². The number of allylic oxidation sites excluding steroid dienone is 6. The maximum Gasteiger partial charge on any atom is 0.412 e. The molecular formula is C17H21F3O2S. The summed E-state index contributed by atoms with van der Waals surface area (Å²) in [5.74, 6) is -0.346. The molecule has 0 bridgehead atoms. The predicted octanol–water partition coefficient (Wildman–Crippen LogP) is 5.33. The van der Waals surface area contributed by atoms with E-state index < -0.39 is 17.7 Å². The number of ketones is 1. The third-order valence-electron chi connectivity index (χ3n) is 4.15. The van der Waals surface area contributed by atoms with Crippen molar-refractivity contribution in [1.29, 1.82) is 0 Å². The summed E-state index contributed by atoms with van der Waals surface area (Å²) >= 11 is 1.57. The summed E-state index contributed by atoms with van der Waals surface area (Å²) in [4.78, 5) is 12.4. The highest BCUT2D eigenvalue weighted by molar-refractivity contribution is 8.03. The number of carbonyl (C=O) groups excluding carboxylic acids is 1. The van der Waals surface area contributed by atoms with Gasteiger partial charge < -0.3 is 5.11 Å². The van der Waals surface area contributed by atoms with Crippen molar-refractivity contribution in [3.63, 3.8) is 0 Å². The molecule has 0 aliphatic heterocycles. The minimum atomic E-state index is -4.26. The zero-order valence-electron chi connectivity index (χ0n) is 13.2. The fourth-order valence-corrected chi connectivity index (χ4v) is 4.56. The minimum absolute atomic E-state index is 0.0563. The Labute approximate surface area is 138 Å². The van der Waals surface area contributed by atoms with Crippen molar-refractivity contribution in [3.05, 3.63) is 34.5 Å². The van der Waals surface area contributed by atoms with Crippen molar-refractivity contribution >= 4 is 17.5 Å². The lowest BCUT2D eigenvalue weighted by Gasteiger charge is -2.26. The lowest BCUT2D eigenvalue weighted by molar-refractivity contribution is -0.116. The van der Waals surface area contributed by atoms with Gasteiger partial charge in [-0.2, -0.15) is 13.2 Å². The number of hydrogen-bond donors (Lipinski definition) is 1. The summed E-state index contributed by atoms with van der Waals surface area (Å²) in [6, 6.07) is 0. The maximum absolute atomic E-state index is 12.8. The van der Waals surface area contributed by atoms with Crippen LogP contribution in [0, 0.1) is 11.8 Å². The molecule has 0 aromatic rings. The Morgan fingerprint density at radius 2 is 2.00 bits per heavy atom. The summed E-state index contributed by atoms with van der Waals surface area (Å²) < 4.78 is 38.4. The monoisotopic (exact) mass is 346 g/mol. The molecule has 128 valence electrons. The van der Waals surface area contributed by atoms with Gasteiger partial charge in [0.2, 0.25) is 0 Å². The molecule has 2 rings (SSSR count). The van der Waals surface area contributed by atoms with Gasteiger partial charge in [-0.05, 0) is 29.6 Å². The topological polar surface area (TPSA) is 37.3 Å². The maximum atomic E-state index is 12.8. The smallest absolute Gasteiger partial charge is 0.412 e. The Hall–Kier alpha value is -1.17. The van der Waals surface area contributed by atoms with Gasteiger partial charge in [0.1, 0.15) is 0 Å². The number of rotatable bonds is 4. The van der Waals surface area contributed by atoms with Crippen molar-refractivity contribution in [2.75, 3.05) is 0 Å². The van der Waals surface area contributed by atoms with E-state index >= 15 is 0 Å². The average molecular weight is 346 g/mol. The summed E-state index contributed by atoms with van der Waals surface area (Å²) in [7, 11) is 0. The molecule has 6 heteroatoms. The zero-order valence-corrected chi connectivity index (χ0v) is 14.0. The molecule has 0 saturated carbocycles. The molecule has 2 nitrogen and oxygen atoms in total. The van der Waals surface area contributed by atoms with Gasteiger partial charge in [0, 0.05) is 29.7 Å². The third kappa shape index (κ3) is 5.16. The van der Waals surface area contributed by atoms with E-state index in [1.54, 1.807) is 24.8 Å². The quantitative estimate of drug-likeness (QED) is 0.747. The number of hydrogen-bond acceptors (Lipinski definition) is 3. The van der Waals surface area contributed by atoms with E-state index in [1.165, 1.54) is 12.2 Å². The Kier molecular flexibility index (Phi) is 5.65. The van der Waals surface area contributed by atoms with Crippen LogP contribution in [-0.4, -0.2) is 22.3 Å². The molecule has 3 atom stereocenters. The first-order valence-corrected chi connectivity index (χ1v) is 8.60. The molecule has 0 heterocycles.